The number of hydrogen-bond acceptors (Lipinski definition) is 3. The number of rotatable bonds is 5. The van der Waals surface area contributed by atoms with Crippen molar-refractivity contribution < 1.29 is 22.7 Å². The minimum atomic E-state index is -1.18. The largest absolute Gasteiger partial charge is 0.422 e. The number of aromatic nitrogens is 1. The van der Waals surface area contributed by atoms with Crippen molar-refractivity contribution in [3.05, 3.63) is 134 Å². The second kappa shape index (κ2) is 10.2. The van der Waals surface area contributed by atoms with Gasteiger partial charge in [0.1, 0.15) is 11.6 Å². The molecule has 0 amide bonds. The number of hydrogen-bond donors (Lipinski definition) is 0. The Hall–Kier alpha value is -4.36. The summed E-state index contributed by atoms with van der Waals surface area (Å²) in [7, 11) is 1.62. The van der Waals surface area contributed by atoms with Gasteiger partial charge in [0.05, 0.1) is 21.7 Å². The van der Waals surface area contributed by atoms with Gasteiger partial charge in [0, 0.05) is 18.9 Å². The number of aryl methyl sites for hydroxylation is 1. The van der Waals surface area contributed by atoms with Crippen molar-refractivity contribution in [2.75, 3.05) is 0 Å². The fourth-order valence-electron chi connectivity index (χ4n) is 4.27. The first kappa shape index (κ1) is 25.3. The molecule has 0 bridgehead atoms. The summed E-state index contributed by atoms with van der Waals surface area (Å²) in [5.41, 5.74) is 2.47. The highest BCUT2D eigenvalue weighted by Gasteiger charge is 2.21. The molecule has 0 N–H and O–H groups in total. The second-order valence-electron chi connectivity index (χ2n) is 8.71. The van der Waals surface area contributed by atoms with Crippen LogP contribution in [-0.4, -0.2) is 10.5 Å². The lowest BCUT2D eigenvalue weighted by Crippen LogP contribution is -2.24. The third-order valence-corrected chi connectivity index (χ3v) is 6.57. The smallest absolute Gasteiger partial charge is 0.343 e. The average Bonchev–Trinajstić information content (AvgIpc) is 2.92. The zero-order valence-corrected chi connectivity index (χ0v) is 20.7. The van der Waals surface area contributed by atoms with Gasteiger partial charge in [0.2, 0.25) is 0 Å². The van der Waals surface area contributed by atoms with Crippen LogP contribution in [0.25, 0.3) is 22.0 Å². The van der Waals surface area contributed by atoms with Crippen molar-refractivity contribution >= 4 is 28.5 Å². The minimum absolute atomic E-state index is 0.0127. The van der Waals surface area contributed by atoms with Crippen LogP contribution < -0.4 is 10.3 Å². The van der Waals surface area contributed by atoms with E-state index in [0.717, 1.165) is 34.9 Å². The Morgan fingerprint density at radius 3 is 2.24 bits per heavy atom. The lowest BCUT2D eigenvalue weighted by molar-refractivity contribution is 0.0734. The van der Waals surface area contributed by atoms with Crippen molar-refractivity contribution in [3.8, 4) is 16.9 Å². The van der Waals surface area contributed by atoms with Crippen LogP contribution in [0.5, 0.6) is 5.75 Å². The van der Waals surface area contributed by atoms with Crippen LogP contribution >= 0.6 is 11.6 Å². The van der Waals surface area contributed by atoms with E-state index in [9.17, 15) is 22.8 Å². The Morgan fingerprint density at radius 1 is 0.842 bits per heavy atom. The molecule has 5 aromatic rings. The molecule has 0 aliphatic rings. The van der Waals surface area contributed by atoms with E-state index in [1.54, 1.807) is 37.4 Å². The normalized spacial score (nSPS) is 11.1. The molecule has 0 atom stereocenters. The van der Waals surface area contributed by atoms with E-state index in [1.807, 2.05) is 24.3 Å². The summed E-state index contributed by atoms with van der Waals surface area (Å²) in [5.74, 6) is -3.66. The molecular formula is C30H19ClF3NO3. The number of para-hydroxylation sites is 1. The topological polar surface area (TPSA) is 48.3 Å². The Labute approximate surface area is 220 Å². The van der Waals surface area contributed by atoms with Gasteiger partial charge in [-0.25, -0.2) is 18.0 Å². The van der Waals surface area contributed by atoms with Crippen molar-refractivity contribution in [3.63, 3.8) is 0 Å². The van der Waals surface area contributed by atoms with Gasteiger partial charge in [-0.05, 0) is 59.2 Å². The number of fused-ring (bicyclic) bond motifs is 1. The maximum Gasteiger partial charge on any atom is 0.343 e. The van der Waals surface area contributed by atoms with Gasteiger partial charge in [0.15, 0.2) is 11.6 Å². The molecule has 0 fully saturated rings. The van der Waals surface area contributed by atoms with Gasteiger partial charge in [-0.1, -0.05) is 54.1 Å². The fraction of sp³-hybridized carbons (Fsp3) is 0.0667. The molecule has 0 aliphatic heterocycles. The Balaban J connectivity index is 1.55. The Kier molecular flexibility index (Phi) is 6.78. The molecular weight excluding hydrogens is 515 g/mol. The molecule has 0 spiro atoms. The van der Waals surface area contributed by atoms with Gasteiger partial charge in [0.25, 0.3) is 5.56 Å². The molecule has 190 valence electrons. The standard InChI is InChI=1S/C30H19ClF3NO3/c1-35-27-5-3-2-4-21(27)28(38-30(37)20-11-13-25(33)26(34)16-20)22(29(35)36)14-17-6-8-18(9-7-17)19-10-12-24(32)23(31)15-19/h2-13,15-16H,14H2,1H3. The van der Waals surface area contributed by atoms with E-state index >= 15 is 0 Å². The first-order chi connectivity index (χ1) is 18.2. The second-order valence-corrected chi connectivity index (χ2v) is 9.12. The van der Waals surface area contributed by atoms with Crippen molar-refractivity contribution in [2.45, 2.75) is 6.42 Å². The number of halogens is 4. The molecule has 38 heavy (non-hydrogen) atoms. The van der Waals surface area contributed by atoms with E-state index < -0.39 is 23.4 Å². The predicted molar refractivity (Wildman–Crippen MR) is 140 cm³/mol. The number of esters is 1. The van der Waals surface area contributed by atoms with E-state index in [-0.39, 0.29) is 33.9 Å². The van der Waals surface area contributed by atoms with Gasteiger partial charge in [-0.15, -0.1) is 0 Å². The van der Waals surface area contributed by atoms with Crippen LogP contribution in [0.15, 0.2) is 89.7 Å². The maximum absolute atomic E-state index is 13.8. The minimum Gasteiger partial charge on any atom is -0.422 e. The van der Waals surface area contributed by atoms with Crippen LogP contribution in [-0.2, 0) is 13.5 Å². The molecule has 1 heterocycles. The molecule has 0 saturated carbocycles. The molecule has 1 aromatic heterocycles. The monoisotopic (exact) mass is 533 g/mol. The van der Waals surface area contributed by atoms with Crippen molar-refractivity contribution in [1.82, 2.24) is 4.57 Å². The average molecular weight is 534 g/mol. The summed E-state index contributed by atoms with van der Waals surface area (Å²) in [6.07, 6.45) is 0.127. The molecule has 0 unspecified atom stereocenters. The number of carbonyl (C=O) groups is 1. The molecule has 0 saturated heterocycles. The third kappa shape index (κ3) is 4.80. The summed E-state index contributed by atoms with van der Waals surface area (Å²) in [4.78, 5) is 26.3. The number of nitrogens with zero attached hydrogens (tertiary/aromatic N) is 1. The van der Waals surface area contributed by atoms with Gasteiger partial charge >= 0.3 is 5.97 Å². The van der Waals surface area contributed by atoms with Crippen molar-refractivity contribution in [1.29, 1.82) is 0 Å². The maximum atomic E-state index is 13.8. The van der Waals surface area contributed by atoms with Gasteiger partial charge in [-0.2, -0.15) is 0 Å². The Morgan fingerprint density at radius 2 is 1.53 bits per heavy atom. The highest BCUT2D eigenvalue weighted by Crippen LogP contribution is 2.31. The Bertz CT molecular complexity index is 1760. The first-order valence-electron chi connectivity index (χ1n) is 11.5. The molecule has 8 heteroatoms. The van der Waals surface area contributed by atoms with Crippen LogP contribution in [0.3, 0.4) is 0 Å². The first-order valence-corrected chi connectivity index (χ1v) is 11.9. The molecule has 0 radical (unpaired) electrons. The van der Waals surface area contributed by atoms with Crippen LogP contribution in [0.1, 0.15) is 21.5 Å². The SMILES string of the molecule is Cn1c(=O)c(Cc2ccc(-c3ccc(F)c(Cl)c3)cc2)c(OC(=O)c2ccc(F)c(F)c2)c2ccccc21. The van der Waals surface area contributed by atoms with E-state index in [1.165, 1.54) is 16.7 Å². The predicted octanol–water partition coefficient (Wildman–Crippen LogP) is 7.09. The highest BCUT2D eigenvalue weighted by molar-refractivity contribution is 6.31. The summed E-state index contributed by atoms with van der Waals surface area (Å²) >= 11 is 5.91. The van der Waals surface area contributed by atoms with Crippen LogP contribution in [0.4, 0.5) is 13.2 Å². The summed E-state index contributed by atoms with van der Waals surface area (Å²) in [6, 6.07) is 21.3. The summed E-state index contributed by atoms with van der Waals surface area (Å²) in [6.45, 7) is 0. The van der Waals surface area contributed by atoms with Gasteiger partial charge in [-0.3, -0.25) is 4.79 Å². The van der Waals surface area contributed by atoms with Gasteiger partial charge < -0.3 is 9.30 Å². The molecule has 0 aliphatic carbocycles. The molecule has 5 rings (SSSR count). The van der Waals surface area contributed by atoms with Crippen molar-refractivity contribution in [2.24, 2.45) is 7.05 Å². The van der Waals surface area contributed by atoms with Crippen LogP contribution in [0.2, 0.25) is 5.02 Å². The number of ether oxygens (including phenoxy) is 1. The lowest BCUT2D eigenvalue weighted by Gasteiger charge is -2.16. The lowest BCUT2D eigenvalue weighted by atomic mass is 9.99. The number of carbonyl (C=O) groups excluding carboxylic acids is 1. The summed E-state index contributed by atoms with van der Waals surface area (Å²) in [5, 5.41) is 0.525. The van der Waals surface area contributed by atoms with E-state index in [0.29, 0.717) is 10.9 Å². The van der Waals surface area contributed by atoms with E-state index in [2.05, 4.69) is 0 Å². The quantitative estimate of drug-likeness (QED) is 0.227. The zero-order valence-electron chi connectivity index (χ0n) is 20.0. The molecule has 4 nitrogen and oxygen atoms in total. The van der Waals surface area contributed by atoms with Crippen LogP contribution in [0, 0.1) is 17.5 Å². The highest BCUT2D eigenvalue weighted by atomic mass is 35.5. The fourth-order valence-corrected chi connectivity index (χ4v) is 4.45. The third-order valence-electron chi connectivity index (χ3n) is 6.28. The number of pyridine rings is 1. The summed E-state index contributed by atoms with van der Waals surface area (Å²) < 4.78 is 47.8. The number of benzene rings is 4. The van der Waals surface area contributed by atoms with E-state index in [4.69, 9.17) is 16.3 Å². The zero-order chi connectivity index (χ0) is 27.0. The molecule has 4 aromatic carbocycles.